The summed E-state index contributed by atoms with van der Waals surface area (Å²) in [4.78, 5) is 12.2. The number of benzene rings is 2. The highest BCUT2D eigenvalue weighted by molar-refractivity contribution is 5.82. The summed E-state index contributed by atoms with van der Waals surface area (Å²) in [5.74, 6) is 0.373. The van der Waals surface area contributed by atoms with Crippen LogP contribution in [-0.4, -0.2) is 30.0 Å². The summed E-state index contributed by atoms with van der Waals surface area (Å²) >= 11 is 0. The van der Waals surface area contributed by atoms with Crippen LogP contribution in [0.5, 0.6) is 5.75 Å². The molecule has 1 heterocycles. The highest BCUT2D eigenvalue weighted by Gasteiger charge is 2.24. The van der Waals surface area contributed by atoms with Crippen molar-refractivity contribution >= 4 is 16.9 Å². The maximum Gasteiger partial charge on any atom is 0.335 e. The smallest absolute Gasteiger partial charge is 0.335 e. The minimum absolute atomic E-state index is 0.356. The van der Waals surface area contributed by atoms with E-state index in [2.05, 4.69) is 5.10 Å². The van der Waals surface area contributed by atoms with Crippen LogP contribution in [-0.2, 0) is 9.53 Å². The average Bonchev–Trinajstić information content (AvgIpc) is 2.98. The second-order valence-electron chi connectivity index (χ2n) is 4.87. The van der Waals surface area contributed by atoms with Crippen LogP contribution in [0.15, 0.2) is 54.7 Å². The predicted octanol–water partition coefficient (Wildman–Crippen LogP) is 2.81. The topological polar surface area (TPSA) is 53.4 Å². The summed E-state index contributed by atoms with van der Waals surface area (Å²) < 4.78 is 11.8. The number of ether oxygens (including phenoxy) is 2. The van der Waals surface area contributed by atoms with Gasteiger partial charge in [-0.2, -0.15) is 5.10 Å². The number of fused-ring (bicyclic) bond motifs is 1. The average molecular weight is 296 g/mol. The van der Waals surface area contributed by atoms with E-state index in [9.17, 15) is 4.79 Å². The zero-order chi connectivity index (χ0) is 15.5. The Hall–Kier alpha value is -2.82. The zero-order valence-corrected chi connectivity index (χ0v) is 12.4. The number of hydrogen-bond donors (Lipinski definition) is 0. The zero-order valence-electron chi connectivity index (χ0n) is 12.4. The van der Waals surface area contributed by atoms with Crippen molar-refractivity contribution in [1.82, 2.24) is 9.78 Å². The summed E-state index contributed by atoms with van der Waals surface area (Å²) in [6.45, 7) is 0. The Bertz CT molecular complexity index is 796. The third-order valence-corrected chi connectivity index (χ3v) is 3.54. The summed E-state index contributed by atoms with van der Waals surface area (Å²) in [5.41, 5.74) is 1.60. The summed E-state index contributed by atoms with van der Waals surface area (Å²) in [6.07, 6.45) is 1.84. The molecular weight excluding hydrogens is 280 g/mol. The monoisotopic (exact) mass is 296 g/mol. The second kappa shape index (κ2) is 5.89. The highest BCUT2D eigenvalue weighted by Crippen LogP contribution is 2.24. The number of nitrogens with zero attached hydrogens (tertiary/aromatic N) is 2. The molecule has 0 amide bonds. The van der Waals surface area contributed by atoms with Crippen molar-refractivity contribution in [3.8, 4) is 5.75 Å². The van der Waals surface area contributed by atoms with Gasteiger partial charge < -0.3 is 9.47 Å². The molecule has 0 bridgehead atoms. The van der Waals surface area contributed by atoms with Crippen molar-refractivity contribution in [3.05, 3.63) is 60.3 Å². The molecule has 1 aromatic heterocycles. The minimum atomic E-state index is -0.607. The summed E-state index contributed by atoms with van der Waals surface area (Å²) in [5, 5.41) is 5.44. The Kier molecular flexibility index (Phi) is 3.78. The van der Waals surface area contributed by atoms with Crippen LogP contribution in [0.3, 0.4) is 0 Å². The number of carbonyl (C=O) groups is 1. The van der Waals surface area contributed by atoms with E-state index in [1.54, 1.807) is 11.8 Å². The molecule has 0 saturated heterocycles. The highest BCUT2D eigenvalue weighted by atomic mass is 16.5. The van der Waals surface area contributed by atoms with E-state index in [-0.39, 0.29) is 5.97 Å². The molecule has 22 heavy (non-hydrogen) atoms. The van der Waals surface area contributed by atoms with Gasteiger partial charge in [-0.1, -0.05) is 30.3 Å². The van der Waals surface area contributed by atoms with Gasteiger partial charge in [0.15, 0.2) is 6.04 Å². The molecule has 0 aliphatic carbocycles. The van der Waals surface area contributed by atoms with Gasteiger partial charge in [-0.05, 0) is 17.7 Å². The van der Waals surface area contributed by atoms with E-state index >= 15 is 0 Å². The largest absolute Gasteiger partial charge is 0.497 e. The molecule has 112 valence electrons. The van der Waals surface area contributed by atoms with Crippen LogP contribution >= 0.6 is 0 Å². The van der Waals surface area contributed by atoms with Gasteiger partial charge in [0, 0.05) is 17.6 Å². The molecule has 3 aromatic rings. The van der Waals surface area contributed by atoms with Crippen molar-refractivity contribution < 1.29 is 14.3 Å². The molecular formula is C17H16N2O3. The van der Waals surface area contributed by atoms with Crippen LogP contribution < -0.4 is 4.74 Å². The maximum absolute atomic E-state index is 12.2. The first-order chi connectivity index (χ1) is 10.7. The van der Waals surface area contributed by atoms with Gasteiger partial charge in [0.05, 0.1) is 19.7 Å². The van der Waals surface area contributed by atoms with Crippen LogP contribution in [0.2, 0.25) is 0 Å². The molecule has 0 saturated carbocycles. The standard InChI is InChI=1S/C17H16N2O3/c1-21-14-9-8-13-11-19(18-15(13)10-14)16(17(20)22-2)12-6-4-3-5-7-12/h3-11,16H,1-2H3/t16-/m1/s1. The fraction of sp³-hybridized carbons (Fsp3) is 0.176. The van der Waals surface area contributed by atoms with E-state index in [1.165, 1.54) is 7.11 Å². The summed E-state index contributed by atoms with van der Waals surface area (Å²) in [6, 6.07) is 14.5. The van der Waals surface area contributed by atoms with Crippen molar-refractivity contribution in [2.45, 2.75) is 6.04 Å². The van der Waals surface area contributed by atoms with Gasteiger partial charge in [0.25, 0.3) is 0 Å². The first-order valence-corrected chi connectivity index (χ1v) is 6.88. The van der Waals surface area contributed by atoms with E-state index in [4.69, 9.17) is 9.47 Å². The Morgan fingerprint density at radius 2 is 1.91 bits per heavy atom. The van der Waals surface area contributed by atoms with Crippen LogP contribution in [0, 0.1) is 0 Å². The summed E-state index contributed by atoms with van der Waals surface area (Å²) in [7, 11) is 2.99. The quantitative estimate of drug-likeness (QED) is 0.695. The van der Waals surface area contributed by atoms with Crippen LogP contribution in [0.4, 0.5) is 0 Å². The van der Waals surface area contributed by atoms with E-state index in [0.29, 0.717) is 0 Å². The molecule has 0 radical (unpaired) electrons. The number of carbonyl (C=O) groups excluding carboxylic acids is 1. The lowest BCUT2D eigenvalue weighted by Crippen LogP contribution is -2.22. The molecule has 3 rings (SSSR count). The normalized spacial score (nSPS) is 12.1. The predicted molar refractivity (Wildman–Crippen MR) is 82.9 cm³/mol. The molecule has 0 aliphatic rings. The number of methoxy groups -OCH3 is 2. The molecule has 5 heteroatoms. The van der Waals surface area contributed by atoms with Crippen LogP contribution in [0.25, 0.3) is 10.9 Å². The van der Waals surface area contributed by atoms with Crippen molar-refractivity contribution in [3.63, 3.8) is 0 Å². The van der Waals surface area contributed by atoms with Gasteiger partial charge in [0.2, 0.25) is 0 Å². The number of esters is 1. The molecule has 0 fully saturated rings. The first kappa shape index (κ1) is 14.1. The maximum atomic E-state index is 12.2. The van der Waals surface area contributed by atoms with Gasteiger partial charge in [0.1, 0.15) is 5.75 Å². The van der Waals surface area contributed by atoms with Gasteiger partial charge >= 0.3 is 5.97 Å². The lowest BCUT2D eigenvalue weighted by atomic mass is 10.1. The van der Waals surface area contributed by atoms with Gasteiger partial charge in [-0.3, -0.25) is 4.68 Å². The third kappa shape index (κ3) is 2.53. The molecule has 2 aromatic carbocycles. The SMILES string of the molecule is COC(=O)[C@@H](c1ccccc1)n1cc2ccc(OC)cc2n1. The molecule has 0 unspecified atom stereocenters. The Morgan fingerprint density at radius 1 is 1.14 bits per heavy atom. The lowest BCUT2D eigenvalue weighted by Gasteiger charge is -2.15. The number of rotatable bonds is 4. The molecule has 5 nitrogen and oxygen atoms in total. The molecule has 0 aliphatic heterocycles. The van der Waals surface area contributed by atoms with E-state index in [0.717, 1.165) is 22.2 Å². The van der Waals surface area contributed by atoms with Crippen molar-refractivity contribution in [2.75, 3.05) is 14.2 Å². The Balaban J connectivity index is 2.10. The second-order valence-corrected chi connectivity index (χ2v) is 4.87. The Labute approximate surface area is 128 Å². The minimum Gasteiger partial charge on any atom is -0.497 e. The molecule has 0 N–H and O–H groups in total. The number of hydrogen-bond acceptors (Lipinski definition) is 4. The van der Waals surface area contributed by atoms with Gasteiger partial charge in [-0.25, -0.2) is 4.79 Å². The lowest BCUT2D eigenvalue weighted by molar-refractivity contribution is -0.143. The molecule has 0 spiro atoms. The van der Waals surface area contributed by atoms with Crippen molar-refractivity contribution in [2.24, 2.45) is 0 Å². The molecule has 1 atom stereocenters. The van der Waals surface area contributed by atoms with Crippen molar-refractivity contribution in [1.29, 1.82) is 0 Å². The van der Waals surface area contributed by atoms with Gasteiger partial charge in [-0.15, -0.1) is 0 Å². The third-order valence-electron chi connectivity index (χ3n) is 3.54. The van der Waals surface area contributed by atoms with E-state index in [1.807, 2.05) is 54.7 Å². The number of aromatic nitrogens is 2. The Morgan fingerprint density at radius 3 is 2.59 bits per heavy atom. The first-order valence-electron chi connectivity index (χ1n) is 6.88. The van der Waals surface area contributed by atoms with E-state index < -0.39 is 6.04 Å². The van der Waals surface area contributed by atoms with Crippen LogP contribution in [0.1, 0.15) is 11.6 Å². The fourth-order valence-electron chi connectivity index (χ4n) is 2.42. The fourth-order valence-corrected chi connectivity index (χ4v) is 2.42.